The van der Waals surface area contributed by atoms with Crippen LogP contribution in [0, 0.1) is 6.92 Å². The first-order chi connectivity index (χ1) is 9.74. The predicted octanol–water partition coefficient (Wildman–Crippen LogP) is 3.14. The Morgan fingerprint density at radius 1 is 1.15 bits per heavy atom. The zero-order valence-electron chi connectivity index (χ0n) is 11.2. The van der Waals surface area contributed by atoms with Crippen LogP contribution in [0.1, 0.15) is 11.1 Å². The van der Waals surface area contributed by atoms with Crippen LogP contribution >= 0.6 is 0 Å². The molecule has 0 fully saturated rings. The molecular formula is C16H16N2O2. The first kappa shape index (κ1) is 13.8. The number of benzene rings is 2. The summed E-state index contributed by atoms with van der Waals surface area (Å²) in [6.45, 7) is 2.33. The zero-order chi connectivity index (χ0) is 14.2. The minimum absolute atomic E-state index is 0.318. The van der Waals surface area contributed by atoms with Crippen molar-refractivity contribution in [2.75, 3.05) is 5.32 Å². The van der Waals surface area contributed by atoms with E-state index in [-0.39, 0.29) is 5.91 Å². The number of nitrogens with zero attached hydrogens (tertiary/aromatic N) is 1. The van der Waals surface area contributed by atoms with E-state index in [1.807, 2.05) is 61.5 Å². The SMILES string of the molecule is Cc1ccc(NC(=O)/C=N\OCc2ccccc2)cc1. The Morgan fingerprint density at radius 2 is 1.85 bits per heavy atom. The van der Waals surface area contributed by atoms with E-state index >= 15 is 0 Å². The lowest BCUT2D eigenvalue weighted by molar-refractivity contribution is -0.110. The van der Waals surface area contributed by atoms with E-state index in [0.29, 0.717) is 6.61 Å². The highest BCUT2D eigenvalue weighted by atomic mass is 16.6. The van der Waals surface area contributed by atoms with Gasteiger partial charge in [-0.25, -0.2) is 0 Å². The molecule has 0 bridgehead atoms. The summed E-state index contributed by atoms with van der Waals surface area (Å²) in [6, 6.07) is 17.2. The van der Waals surface area contributed by atoms with Gasteiger partial charge in [0.25, 0.3) is 5.91 Å². The number of rotatable bonds is 5. The maximum atomic E-state index is 11.6. The molecule has 0 aliphatic carbocycles. The normalized spacial score (nSPS) is 10.4. The number of aryl methyl sites for hydroxylation is 1. The van der Waals surface area contributed by atoms with Crippen molar-refractivity contribution >= 4 is 17.8 Å². The monoisotopic (exact) mass is 268 g/mol. The standard InChI is InChI=1S/C16H16N2O2/c1-13-7-9-15(10-8-13)18-16(19)11-17-20-12-14-5-3-2-4-6-14/h2-11H,12H2,1H3,(H,18,19)/b17-11-. The second-order valence-corrected chi connectivity index (χ2v) is 4.35. The van der Waals surface area contributed by atoms with Crippen molar-refractivity contribution in [1.82, 2.24) is 0 Å². The Kier molecular flexibility index (Phi) is 4.89. The molecule has 0 heterocycles. The van der Waals surface area contributed by atoms with Crippen molar-refractivity contribution in [3.05, 3.63) is 65.7 Å². The average Bonchev–Trinajstić information content (AvgIpc) is 2.47. The summed E-state index contributed by atoms with van der Waals surface area (Å²) in [7, 11) is 0. The number of carbonyl (C=O) groups is 1. The van der Waals surface area contributed by atoms with Crippen molar-refractivity contribution in [3.8, 4) is 0 Å². The Balaban J connectivity index is 1.76. The highest BCUT2D eigenvalue weighted by Gasteiger charge is 1.98. The fraction of sp³-hybridized carbons (Fsp3) is 0.125. The third-order valence-electron chi connectivity index (χ3n) is 2.64. The van der Waals surface area contributed by atoms with Crippen LogP contribution in [0.4, 0.5) is 5.69 Å². The van der Waals surface area contributed by atoms with Crippen LogP contribution in [0.25, 0.3) is 0 Å². The molecule has 0 spiro atoms. The van der Waals surface area contributed by atoms with Crippen molar-refractivity contribution in [1.29, 1.82) is 0 Å². The van der Waals surface area contributed by atoms with Crippen molar-refractivity contribution in [2.45, 2.75) is 13.5 Å². The van der Waals surface area contributed by atoms with Gasteiger partial charge in [-0.05, 0) is 24.6 Å². The van der Waals surface area contributed by atoms with Crippen LogP contribution in [0.15, 0.2) is 59.8 Å². The molecule has 2 rings (SSSR count). The van der Waals surface area contributed by atoms with E-state index < -0.39 is 0 Å². The number of amides is 1. The molecule has 2 aromatic carbocycles. The fourth-order valence-corrected chi connectivity index (χ4v) is 1.58. The van der Waals surface area contributed by atoms with Gasteiger partial charge in [0.05, 0.1) is 0 Å². The summed E-state index contributed by atoms with van der Waals surface area (Å²) < 4.78 is 0. The van der Waals surface area contributed by atoms with Gasteiger partial charge in [0, 0.05) is 5.69 Å². The number of hydrogen-bond acceptors (Lipinski definition) is 3. The highest BCUT2D eigenvalue weighted by Crippen LogP contribution is 2.07. The first-order valence-corrected chi connectivity index (χ1v) is 6.31. The van der Waals surface area contributed by atoms with Gasteiger partial charge in [0.1, 0.15) is 12.8 Å². The summed E-state index contributed by atoms with van der Waals surface area (Å²) in [5, 5.41) is 6.34. The molecule has 4 nitrogen and oxygen atoms in total. The second kappa shape index (κ2) is 7.09. The van der Waals surface area contributed by atoms with Crippen LogP contribution in [0.5, 0.6) is 0 Å². The lowest BCUT2D eigenvalue weighted by Gasteiger charge is -2.02. The van der Waals surface area contributed by atoms with Crippen molar-refractivity contribution in [2.24, 2.45) is 5.16 Å². The van der Waals surface area contributed by atoms with Crippen LogP contribution < -0.4 is 5.32 Å². The van der Waals surface area contributed by atoms with E-state index in [0.717, 1.165) is 23.0 Å². The van der Waals surface area contributed by atoms with Gasteiger partial charge in [0.2, 0.25) is 0 Å². The molecule has 2 aromatic rings. The maximum Gasteiger partial charge on any atom is 0.270 e. The van der Waals surface area contributed by atoms with Crippen LogP contribution in [-0.4, -0.2) is 12.1 Å². The number of anilines is 1. The van der Waals surface area contributed by atoms with Gasteiger partial charge in [-0.1, -0.05) is 53.2 Å². The molecule has 1 N–H and O–H groups in total. The van der Waals surface area contributed by atoms with E-state index in [1.54, 1.807) is 0 Å². The molecule has 0 aliphatic heterocycles. The second-order valence-electron chi connectivity index (χ2n) is 4.35. The summed E-state index contributed by atoms with van der Waals surface area (Å²) >= 11 is 0. The Hall–Kier alpha value is -2.62. The molecule has 102 valence electrons. The Labute approximate surface area is 118 Å². The largest absolute Gasteiger partial charge is 0.391 e. The van der Waals surface area contributed by atoms with E-state index in [9.17, 15) is 4.79 Å². The summed E-state index contributed by atoms with van der Waals surface area (Å²) in [6.07, 6.45) is 1.13. The lowest BCUT2D eigenvalue weighted by atomic mass is 10.2. The Morgan fingerprint density at radius 3 is 2.55 bits per heavy atom. The van der Waals surface area contributed by atoms with Crippen LogP contribution in [0.3, 0.4) is 0 Å². The maximum absolute atomic E-state index is 11.6. The average molecular weight is 268 g/mol. The number of hydrogen-bond donors (Lipinski definition) is 1. The van der Waals surface area contributed by atoms with E-state index in [4.69, 9.17) is 4.84 Å². The molecule has 0 unspecified atom stereocenters. The van der Waals surface area contributed by atoms with Gasteiger partial charge in [-0.3, -0.25) is 4.79 Å². The zero-order valence-corrected chi connectivity index (χ0v) is 11.2. The fourth-order valence-electron chi connectivity index (χ4n) is 1.58. The molecule has 0 saturated heterocycles. The number of nitrogens with one attached hydrogen (secondary N) is 1. The molecule has 0 aliphatic rings. The van der Waals surface area contributed by atoms with Gasteiger partial charge < -0.3 is 10.2 Å². The first-order valence-electron chi connectivity index (χ1n) is 6.31. The molecule has 0 aromatic heterocycles. The molecule has 0 radical (unpaired) electrons. The van der Waals surface area contributed by atoms with Gasteiger partial charge in [-0.15, -0.1) is 0 Å². The summed E-state index contributed by atoms with van der Waals surface area (Å²) in [5.41, 5.74) is 2.88. The molecule has 20 heavy (non-hydrogen) atoms. The van der Waals surface area contributed by atoms with Gasteiger partial charge in [-0.2, -0.15) is 0 Å². The molecular weight excluding hydrogens is 252 g/mol. The smallest absolute Gasteiger partial charge is 0.270 e. The predicted molar refractivity (Wildman–Crippen MR) is 79.5 cm³/mol. The number of oxime groups is 1. The third-order valence-corrected chi connectivity index (χ3v) is 2.64. The highest BCUT2D eigenvalue weighted by molar-refractivity contribution is 6.31. The molecule has 0 atom stereocenters. The minimum atomic E-state index is -0.318. The van der Waals surface area contributed by atoms with Gasteiger partial charge >= 0.3 is 0 Å². The Bertz CT molecular complexity index is 577. The summed E-state index contributed by atoms with van der Waals surface area (Å²) in [4.78, 5) is 16.6. The van der Waals surface area contributed by atoms with E-state index in [1.165, 1.54) is 0 Å². The quantitative estimate of drug-likeness (QED) is 0.669. The van der Waals surface area contributed by atoms with Crippen molar-refractivity contribution in [3.63, 3.8) is 0 Å². The number of carbonyl (C=O) groups excluding carboxylic acids is 1. The molecule has 1 amide bonds. The van der Waals surface area contributed by atoms with Crippen LogP contribution in [0.2, 0.25) is 0 Å². The third kappa shape index (κ3) is 4.57. The molecule has 0 saturated carbocycles. The molecule has 4 heteroatoms. The topological polar surface area (TPSA) is 50.7 Å². The summed E-state index contributed by atoms with van der Waals surface area (Å²) in [5.74, 6) is -0.318. The van der Waals surface area contributed by atoms with E-state index in [2.05, 4.69) is 10.5 Å². The lowest BCUT2D eigenvalue weighted by Crippen LogP contribution is -2.12. The van der Waals surface area contributed by atoms with Crippen LogP contribution in [-0.2, 0) is 16.2 Å². The van der Waals surface area contributed by atoms with Crippen molar-refractivity contribution < 1.29 is 9.63 Å². The van der Waals surface area contributed by atoms with Gasteiger partial charge in [0.15, 0.2) is 0 Å². The minimum Gasteiger partial charge on any atom is -0.391 e.